The van der Waals surface area contributed by atoms with Gasteiger partial charge in [-0.15, -0.1) is 0 Å². The third-order valence-electron chi connectivity index (χ3n) is 4.40. The van der Waals surface area contributed by atoms with Crippen LogP contribution in [0.4, 0.5) is 0 Å². The van der Waals surface area contributed by atoms with Crippen molar-refractivity contribution in [3.63, 3.8) is 0 Å². The Balaban J connectivity index is -0.000000196. The van der Waals surface area contributed by atoms with Gasteiger partial charge in [-0.3, -0.25) is 0 Å². The molecule has 9 nitrogen and oxygen atoms in total. The van der Waals surface area contributed by atoms with E-state index >= 15 is 0 Å². The van der Waals surface area contributed by atoms with E-state index < -0.39 is 24.8 Å². The van der Waals surface area contributed by atoms with Gasteiger partial charge >= 0.3 is 17.1 Å². The maximum Gasteiger partial charge on any atom is 3.00 e. The van der Waals surface area contributed by atoms with Crippen LogP contribution >= 0.6 is 24.8 Å². The van der Waals surface area contributed by atoms with Crippen molar-refractivity contribution in [3.8, 4) is 0 Å². The molecule has 0 aromatic rings. The summed E-state index contributed by atoms with van der Waals surface area (Å²) in [6, 6.07) is 0. The van der Waals surface area contributed by atoms with Gasteiger partial charge in [0.15, 0.2) is 0 Å². The molecule has 0 aliphatic rings. The van der Waals surface area contributed by atoms with E-state index in [-0.39, 0.29) is 17.1 Å². The van der Waals surface area contributed by atoms with E-state index in [1.54, 1.807) is 0 Å². The van der Waals surface area contributed by atoms with Gasteiger partial charge in [0.05, 0.1) is 19.8 Å². The van der Waals surface area contributed by atoms with E-state index in [2.05, 4.69) is 34.3 Å². The molecule has 0 fully saturated rings. The Morgan fingerprint density at radius 1 is 0.441 bits per heavy atom. The van der Waals surface area contributed by atoms with E-state index in [9.17, 15) is 28.4 Å². The Bertz CT molecular complexity index is 386. The fourth-order valence-corrected chi connectivity index (χ4v) is 3.52. The molecular weight excluding hydrogens is 545 g/mol. The minimum absolute atomic E-state index is 0. The fourth-order valence-electron chi connectivity index (χ4n) is 2.58. The third kappa shape index (κ3) is 54.0. The molecule has 0 aliphatic carbocycles. The van der Waals surface area contributed by atoms with Crippen LogP contribution in [0, 0.1) is 0 Å². The van der Waals surface area contributed by atoms with Gasteiger partial charge in [0.25, 0.3) is 0 Å². The van der Waals surface area contributed by atoms with Crippen LogP contribution in [0.3, 0.4) is 0 Å². The first-order chi connectivity index (χ1) is 15.8. The van der Waals surface area contributed by atoms with Crippen LogP contribution in [0.25, 0.3) is 0 Å². The monoisotopic (exact) mass is 593 g/mol. The van der Waals surface area contributed by atoms with Crippen molar-refractivity contribution in [3.05, 3.63) is 0 Å². The first-order valence-electron chi connectivity index (χ1n) is 12.3. The summed E-state index contributed by atoms with van der Waals surface area (Å²) >= 11 is 0. The summed E-state index contributed by atoms with van der Waals surface area (Å²) in [7, 11) is -8.78. The van der Waals surface area contributed by atoms with Gasteiger partial charge in [-0.1, -0.05) is 97.8 Å². The molecule has 0 amide bonds. The van der Waals surface area contributed by atoms with Gasteiger partial charge in [-0.2, -0.15) is 0 Å². The topological polar surface area (TPSA) is 148 Å². The second-order valence-electron chi connectivity index (χ2n) is 7.54. The van der Waals surface area contributed by atoms with Crippen molar-refractivity contribution in [2.75, 3.05) is 19.8 Å². The fraction of sp³-hybridized carbons (Fsp3) is 1.00. The summed E-state index contributed by atoms with van der Waals surface area (Å²) in [5.41, 5.74) is 0. The van der Waals surface area contributed by atoms with Crippen LogP contribution in [-0.4, -0.2) is 19.8 Å². The average Bonchev–Trinajstić information content (AvgIpc) is 2.76. The summed E-state index contributed by atoms with van der Waals surface area (Å²) in [4.78, 5) is 29.8. The maximum absolute atomic E-state index is 9.94. The van der Waals surface area contributed by atoms with Crippen LogP contribution in [0.1, 0.15) is 117 Å². The van der Waals surface area contributed by atoms with Crippen LogP contribution in [-0.2, 0) is 44.3 Å². The largest absolute Gasteiger partial charge is 3.00 e. The van der Waals surface area contributed by atoms with Gasteiger partial charge in [-0.25, -0.2) is 0 Å². The van der Waals surface area contributed by atoms with Gasteiger partial charge in [0, 0.05) is 0 Å². The van der Waals surface area contributed by atoms with E-state index in [1.165, 1.54) is 57.8 Å². The smallest absolute Gasteiger partial charge is 0.781 e. The van der Waals surface area contributed by atoms with Crippen LogP contribution in [0.15, 0.2) is 0 Å². The minimum Gasteiger partial charge on any atom is -0.781 e. The van der Waals surface area contributed by atoms with Crippen molar-refractivity contribution in [2.24, 2.45) is 0 Å². The Labute approximate surface area is 220 Å². The summed E-state index contributed by atoms with van der Waals surface area (Å²) in [6.45, 7) is 7.54. The molecule has 0 N–H and O–H groups in total. The van der Waals surface area contributed by atoms with Crippen molar-refractivity contribution in [2.45, 2.75) is 117 Å². The van der Waals surface area contributed by atoms with Crippen LogP contribution < -0.4 is 14.7 Å². The van der Waals surface area contributed by atoms with E-state index in [0.29, 0.717) is 19.8 Å². The first-order valence-corrected chi connectivity index (χ1v) is 16.0. The zero-order valence-corrected chi connectivity index (χ0v) is 25.4. The quantitative estimate of drug-likeness (QED) is 0.0999. The van der Waals surface area contributed by atoms with E-state index in [0.717, 1.165) is 38.5 Å². The van der Waals surface area contributed by atoms with Crippen molar-refractivity contribution in [1.82, 2.24) is 0 Å². The third-order valence-corrected chi connectivity index (χ3v) is 5.72. The Morgan fingerprint density at radius 3 is 0.824 bits per heavy atom. The molecule has 0 bridgehead atoms. The molecule has 209 valence electrons. The number of hydrogen-bond donors (Lipinski definition) is 0. The molecule has 0 heterocycles. The predicted molar refractivity (Wildman–Crippen MR) is 131 cm³/mol. The minimum atomic E-state index is -2.93. The summed E-state index contributed by atoms with van der Waals surface area (Å²) in [6.07, 6.45) is 16.6. The molecule has 0 saturated carbocycles. The van der Waals surface area contributed by atoms with Gasteiger partial charge in [-0.05, 0) is 19.3 Å². The molecule has 3 unspecified atom stereocenters. The Hall–Kier alpha value is 0.969. The molecule has 13 heteroatoms. The zero-order valence-electron chi connectivity index (χ0n) is 21.3. The summed E-state index contributed by atoms with van der Waals surface area (Å²) in [5.74, 6) is 0. The summed E-state index contributed by atoms with van der Waals surface area (Å²) < 4.78 is 43.1. The predicted octanol–water partition coefficient (Wildman–Crippen LogP) is 5.17. The average molecular weight is 593 g/mol. The van der Waals surface area contributed by atoms with Gasteiger partial charge in [0.1, 0.15) is 24.8 Å². The molecule has 34 heavy (non-hydrogen) atoms. The Morgan fingerprint density at radius 2 is 0.647 bits per heavy atom. The van der Waals surface area contributed by atoms with Gasteiger partial charge < -0.3 is 41.9 Å². The SMILES string of the molecule is CCCCCCCO[PH](=O)[O-].CCCCCCCO[PH](=O)[O-].CCCCCCCO[PH](=O)[O-].[Fe+3]. The Kier molecular flexibility index (Phi) is 47.6. The van der Waals surface area contributed by atoms with Gasteiger partial charge in [0.2, 0.25) is 0 Å². The number of rotatable bonds is 21. The zero-order chi connectivity index (χ0) is 25.6. The number of unbranched alkanes of at least 4 members (excludes halogenated alkanes) is 12. The van der Waals surface area contributed by atoms with Crippen LogP contribution in [0.5, 0.6) is 0 Å². The second kappa shape index (κ2) is 38.5. The molecule has 0 rings (SSSR count). The second-order valence-corrected chi connectivity index (χ2v) is 9.90. The first kappa shape index (κ1) is 42.1. The maximum atomic E-state index is 9.94. The van der Waals surface area contributed by atoms with E-state index in [1.807, 2.05) is 0 Å². The van der Waals surface area contributed by atoms with E-state index in [4.69, 9.17) is 0 Å². The molecule has 0 aromatic heterocycles. The molecule has 0 spiro atoms. The normalized spacial score (nSPS) is 12.9. The molecule has 1 radical (unpaired) electrons. The molecule has 0 aromatic carbocycles. The molecule has 0 aliphatic heterocycles. The molecule has 0 saturated heterocycles. The van der Waals surface area contributed by atoms with Crippen LogP contribution in [0.2, 0.25) is 0 Å². The summed E-state index contributed by atoms with van der Waals surface area (Å²) in [5, 5.41) is 0. The van der Waals surface area contributed by atoms with Crippen molar-refractivity contribution >= 4 is 24.8 Å². The van der Waals surface area contributed by atoms with Crippen molar-refractivity contribution in [1.29, 1.82) is 0 Å². The molecule has 3 atom stereocenters. The number of hydrogen-bond acceptors (Lipinski definition) is 9. The standard InChI is InChI=1S/3C7H17O3P.Fe/c3*1-2-3-4-5-6-7-10-11(8)9;/h3*11H,2-7H2,1H3,(H,8,9);/q;;;+3/p-3. The van der Waals surface area contributed by atoms with Crippen molar-refractivity contribution < 1.29 is 59.0 Å². The molecular formula is C21H48FeO9P3.